The Morgan fingerprint density at radius 3 is 2.76 bits per heavy atom. The summed E-state index contributed by atoms with van der Waals surface area (Å²) in [5.41, 5.74) is 3.07. The molecule has 0 aliphatic carbocycles. The lowest BCUT2D eigenvalue weighted by molar-refractivity contribution is 0.167. The Labute approximate surface area is 149 Å². The molecule has 0 radical (unpaired) electrons. The molecule has 7 nitrogen and oxygen atoms in total. The number of aliphatic hydroxyl groups excluding tert-OH is 1. The van der Waals surface area contributed by atoms with Crippen molar-refractivity contribution in [3.8, 4) is 0 Å². The number of rotatable bonds is 7. The van der Waals surface area contributed by atoms with E-state index in [1.165, 1.54) is 5.69 Å². The number of anilines is 1. The van der Waals surface area contributed by atoms with E-state index in [1.54, 1.807) is 0 Å². The second-order valence-electron chi connectivity index (χ2n) is 6.61. The molecule has 2 aromatic rings. The van der Waals surface area contributed by atoms with E-state index in [-0.39, 0.29) is 0 Å². The molecule has 25 heavy (non-hydrogen) atoms. The summed E-state index contributed by atoms with van der Waals surface area (Å²) in [6.07, 6.45) is 6.13. The summed E-state index contributed by atoms with van der Waals surface area (Å²) in [7, 11) is 0. The van der Waals surface area contributed by atoms with Crippen molar-refractivity contribution in [2.24, 2.45) is 0 Å². The predicted molar refractivity (Wildman–Crippen MR) is 97.0 cm³/mol. The maximum absolute atomic E-state index is 10.0. The molecule has 1 aliphatic rings. The van der Waals surface area contributed by atoms with Crippen LogP contribution in [-0.2, 0) is 19.6 Å². The molecule has 7 heteroatoms. The maximum Gasteiger partial charge on any atom is 0.222 e. The van der Waals surface area contributed by atoms with Gasteiger partial charge in [0.25, 0.3) is 0 Å². The SMILES string of the molecule is CCCNc1ncc(CN2CCCn3nc([C@@H](O)CC)cc3C2)cn1. The van der Waals surface area contributed by atoms with Crippen molar-refractivity contribution in [3.05, 3.63) is 35.4 Å². The van der Waals surface area contributed by atoms with Crippen LogP contribution in [0.5, 0.6) is 0 Å². The average Bonchev–Trinajstić information content (AvgIpc) is 2.94. The van der Waals surface area contributed by atoms with Gasteiger partial charge in [-0.25, -0.2) is 9.97 Å². The van der Waals surface area contributed by atoms with Gasteiger partial charge in [0.15, 0.2) is 0 Å². The van der Waals surface area contributed by atoms with Crippen LogP contribution >= 0.6 is 0 Å². The van der Waals surface area contributed by atoms with Crippen LogP contribution in [0.2, 0.25) is 0 Å². The van der Waals surface area contributed by atoms with Gasteiger partial charge in [-0.3, -0.25) is 9.58 Å². The Bertz CT molecular complexity index is 669. The number of nitrogens with one attached hydrogen (secondary N) is 1. The Morgan fingerprint density at radius 1 is 1.24 bits per heavy atom. The monoisotopic (exact) mass is 344 g/mol. The zero-order chi connectivity index (χ0) is 17.6. The van der Waals surface area contributed by atoms with E-state index in [0.717, 1.165) is 56.8 Å². The first kappa shape index (κ1) is 17.8. The minimum Gasteiger partial charge on any atom is -0.387 e. The summed E-state index contributed by atoms with van der Waals surface area (Å²) in [6.45, 7) is 8.56. The van der Waals surface area contributed by atoms with Crippen LogP contribution in [0.1, 0.15) is 56.2 Å². The molecule has 0 unspecified atom stereocenters. The van der Waals surface area contributed by atoms with Gasteiger partial charge in [0.05, 0.1) is 17.5 Å². The average molecular weight is 344 g/mol. The third-order valence-corrected chi connectivity index (χ3v) is 4.48. The summed E-state index contributed by atoms with van der Waals surface area (Å²) in [4.78, 5) is 11.2. The molecular formula is C18H28N6O. The first-order valence-corrected chi connectivity index (χ1v) is 9.21. The summed E-state index contributed by atoms with van der Waals surface area (Å²) in [5, 5.41) is 17.8. The third kappa shape index (κ3) is 4.55. The molecule has 0 spiro atoms. The normalized spacial score (nSPS) is 16.3. The van der Waals surface area contributed by atoms with E-state index in [1.807, 2.05) is 30.1 Å². The Hall–Kier alpha value is -1.99. The van der Waals surface area contributed by atoms with Crippen molar-refractivity contribution in [2.45, 2.75) is 58.8 Å². The van der Waals surface area contributed by atoms with Crippen molar-refractivity contribution in [3.63, 3.8) is 0 Å². The van der Waals surface area contributed by atoms with Crippen LogP contribution < -0.4 is 5.32 Å². The van der Waals surface area contributed by atoms with Crippen molar-refractivity contribution >= 4 is 5.95 Å². The van der Waals surface area contributed by atoms with Crippen molar-refractivity contribution in [2.75, 3.05) is 18.4 Å². The van der Waals surface area contributed by atoms with Crippen molar-refractivity contribution < 1.29 is 5.11 Å². The number of hydrogen-bond acceptors (Lipinski definition) is 6. The van der Waals surface area contributed by atoms with Gasteiger partial charge in [0, 0.05) is 50.7 Å². The zero-order valence-electron chi connectivity index (χ0n) is 15.1. The van der Waals surface area contributed by atoms with Gasteiger partial charge in [-0.05, 0) is 25.3 Å². The van der Waals surface area contributed by atoms with E-state index < -0.39 is 6.10 Å². The Kier molecular flexibility index (Phi) is 5.99. The van der Waals surface area contributed by atoms with Gasteiger partial charge < -0.3 is 10.4 Å². The first-order valence-electron chi connectivity index (χ1n) is 9.21. The zero-order valence-corrected chi connectivity index (χ0v) is 15.1. The fourth-order valence-electron chi connectivity index (χ4n) is 3.08. The van der Waals surface area contributed by atoms with Gasteiger partial charge in [-0.1, -0.05) is 13.8 Å². The molecule has 0 amide bonds. The lowest BCUT2D eigenvalue weighted by Crippen LogP contribution is -2.23. The van der Waals surface area contributed by atoms with Gasteiger partial charge >= 0.3 is 0 Å². The molecule has 0 saturated heterocycles. The quantitative estimate of drug-likeness (QED) is 0.803. The van der Waals surface area contributed by atoms with E-state index in [0.29, 0.717) is 12.4 Å². The smallest absolute Gasteiger partial charge is 0.222 e. The van der Waals surface area contributed by atoms with Crippen LogP contribution in [0.4, 0.5) is 5.95 Å². The number of fused-ring (bicyclic) bond motifs is 1. The predicted octanol–water partition coefficient (Wildman–Crippen LogP) is 2.34. The molecule has 2 N–H and O–H groups in total. The fraction of sp³-hybridized carbons (Fsp3) is 0.611. The van der Waals surface area contributed by atoms with E-state index in [4.69, 9.17) is 0 Å². The van der Waals surface area contributed by atoms with E-state index in [9.17, 15) is 5.11 Å². The molecular weight excluding hydrogens is 316 g/mol. The molecule has 136 valence electrons. The lowest BCUT2D eigenvalue weighted by Gasteiger charge is -2.19. The number of hydrogen-bond donors (Lipinski definition) is 2. The van der Waals surface area contributed by atoms with Gasteiger partial charge in [-0.15, -0.1) is 0 Å². The van der Waals surface area contributed by atoms with Gasteiger partial charge in [-0.2, -0.15) is 5.10 Å². The number of aryl methyl sites for hydroxylation is 1. The highest BCUT2D eigenvalue weighted by Crippen LogP contribution is 2.20. The Balaban J connectivity index is 1.64. The summed E-state index contributed by atoms with van der Waals surface area (Å²) in [5.74, 6) is 0.692. The van der Waals surface area contributed by atoms with Crippen LogP contribution in [0, 0.1) is 0 Å². The van der Waals surface area contributed by atoms with Crippen LogP contribution in [0.25, 0.3) is 0 Å². The molecule has 1 aliphatic heterocycles. The maximum atomic E-state index is 10.0. The Morgan fingerprint density at radius 2 is 2.04 bits per heavy atom. The molecule has 0 fully saturated rings. The highest BCUT2D eigenvalue weighted by molar-refractivity contribution is 5.24. The fourth-order valence-corrected chi connectivity index (χ4v) is 3.08. The van der Waals surface area contributed by atoms with Gasteiger partial charge in [0.1, 0.15) is 0 Å². The summed E-state index contributed by atoms with van der Waals surface area (Å²) < 4.78 is 2.04. The standard InChI is InChI=1S/C18H28N6O/c1-3-6-19-18-20-10-14(11-21-18)12-23-7-5-8-24-15(13-23)9-16(22-24)17(25)4-2/h9-11,17,25H,3-8,12-13H2,1-2H3,(H,19,20,21)/t17-/m0/s1. The highest BCUT2D eigenvalue weighted by atomic mass is 16.3. The topological polar surface area (TPSA) is 79.1 Å². The molecule has 3 rings (SSSR count). The summed E-state index contributed by atoms with van der Waals surface area (Å²) >= 11 is 0. The second kappa shape index (κ2) is 8.40. The first-order chi connectivity index (χ1) is 12.2. The van der Waals surface area contributed by atoms with Crippen LogP contribution in [0.3, 0.4) is 0 Å². The second-order valence-corrected chi connectivity index (χ2v) is 6.61. The number of nitrogens with zero attached hydrogens (tertiary/aromatic N) is 5. The molecule has 2 aromatic heterocycles. The van der Waals surface area contributed by atoms with E-state index >= 15 is 0 Å². The minimum absolute atomic E-state index is 0.468. The number of aromatic nitrogens is 4. The molecule has 3 heterocycles. The lowest BCUT2D eigenvalue weighted by atomic mass is 10.2. The summed E-state index contributed by atoms with van der Waals surface area (Å²) in [6, 6.07) is 2.04. The largest absolute Gasteiger partial charge is 0.387 e. The van der Waals surface area contributed by atoms with Gasteiger partial charge in [0.2, 0.25) is 5.95 Å². The van der Waals surface area contributed by atoms with Crippen molar-refractivity contribution in [1.82, 2.24) is 24.6 Å². The van der Waals surface area contributed by atoms with Crippen LogP contribution in [0.15, 0.2) is 18.5 Å². The van der Waals surface area contributed by atoms with Crippen molar-refractivity contribution in [1.29, 1.82) is 0 Å². The third-order valence-electron chi connectivity index (χ3n) is 4.48. The molecule has 1 atom stereocenters. The van der Waals surface area contributed by atoms with E-state index in [2.05, 4.69) is 32.2 Å². The van der Waals surface area contributed by atoms with Crippen LogP contribution in [-0.4, -0.2) is 42.8 Å². The minimum atomic E-state index is -0.468. The highest BCUT2D eigenvalue weighted by Gasteiger charge is 2.19. The number of aliphatic hydroxyl groups is 1. The molecule has 0 aromatic carbocycles. The molecule has 0 bridgehead atoms. The molecule has 0 saturated carbocycles.